The van der Waals surface area contributed by atoms with Gasteiger partial charge in [0.2, 0.25) is 0 Å². The molecule has 4 rings (SSSR count). The van der Waals surface area contributed by atoms with Gasteiger partial charge in [0.1, 0.15) is 5.82 Å². The molecule has 32 heavy (non-hydrogen) atoms. The Labute approximate surface area is 186 Å². The molecule has 0 heterocycles. The van der Waals surface area contributed by atoms with Gasteiger partial charge >= 0.3 is 6.61 Å². The van der Waals surface area contributed by atoms with Gasteiger partial charge in [-0.25, -0.2) is 13.2 Å². The normalized spacial score (nSPS) is 23.3. The van der Waals surface area contributed by atoms with Crippen molar-refractivity contribution >= 4 is 0 Å². The Morgan fingerprint density at radius 3 is 2.25 bits per heavy atom. The van der Waals surface area contributed by atoms with Crippen LogP contribution in [0.1, 0.15) is 63.0 Å². The topological polar surface area (TPSA) is 9.23 Å². The first kappa shape index (κ1) is 23.1. The van der Waals surface area contributed by atoms with E-state index in [0.717, 1.165) is 36.5 Å². The lowest BCUT2D eigenvalue weighted by Gasteiger charge is -2.36. The second-order valence-electron chi connectivity index (χ2n) is 9.28. The molecule has 0 spiro atoms. The highest BCUT2D eigenvalue weighted by Gasteiger charge is 2.31. The number of fused-ring (bicyclic) bond motifs is 1. The lowest BCUT2D eigenvalue weighted by Crippen LogP contribution is -2.27. The summed E-state index contributed by atoms with van der Waals surface area (Å²) in [4.78, 5) is 0. The Morgan fingerprint density at radius 1 is 0.938 bits per heavy atom. The fourth-order valence-electron chi connectivity index (χ4n) is 5.74. The standard InChI is InChI=1S/C26H29F5O/c1-2-3-15-4-6-16(7-5-15)17-8-10-20-18(12-17)9-11-21(24(20)29)19-13-22(27)25(23(28)14-19)32-26(30)31/h9,11,13-17,26H,2-8,10,12H2,1H3. The molecule has 0 aliphatic heterocycles. The molecule has 1 nitrogen and oxygen atoms in total. The Bertz CT molecular complexity index is 926. The van der Waals surface area contributed by atoms with E-state index < -0.39 is 29.8 Å². The van der Waals surface area contributed by atoms with Crippen molar-refractivity contribution in [2.45, 2.75) is 71.3 Å². The number of halogens is 5. The van der Waals surface area contributed by atoms with Crippen molar-refractivity contribution in [2.24, 2.45) is 17.8 Å². The van der Waals surface area contributed by atoms with Crippen LogP contribution in [0.2, 0.25) is 0 Å². The van der Waals surface area contributed by atoms with Crippen molar-refractivity contribution in [2.75, 3.05) is 0 Å². The second-order valence-corrected chi connectivity index (χ2v) is 9.28. The van der Waals surface area contributed by atoms with Gasteiger partial charge < -0.3 is 4.74 Å². The largest absolute Gasteiger partial charge is 0.429 e. The van der Waals surface area contributed by atoms with Crippen molar-refractivity contribution in [1.82, 2.24) is 0 Å². The maximum atomic E-state index is 15.3. The van der Waals surface area contributed by atoms with E-state index in [1.165, 1.54) is 44.6 Å². The predicted molar refractivity (Wildman–Crippen MR) is 114 cm³/mol. The summed E-state index contributed by atoms with van der Waals surface area (Å²) in [7, 11) is 0. The zero-order valence-electron chi connectivity index (χ0n) is 18.3. The Balaban J connectivity index is 1.52. The number of hydrogen-bond acceptors (Lipinski definition) is 1. The van der Waals surface area contributed by atoms with Crippen LogP contribution in [0.5, 0.6) is 5.75 Å². The smallest absolute Gasteiger partial charge is 0.387 e. The highest BCUT2D eigenvalue weighted by atomic mass is 19.3. The van der Waals surface area contributed by atoms with Crippen molar-refractivity contribution in [3.8, 4) is 16.9 Å². The van der Waals surface area contributed by atoms with Gasteiger partial charge in [-0.3, -0.25) is 0 Å². The molecule has 0 bridgehead atoms. The summed E-state index contributed by atoms with van der Waals surface area (Å²) in [6.07, 6.45) is 9.98. The minimum atomic E-state index is -3.35. The molecule has 174 valence electrons. The van der Waals surface area contributed by atoms with E-state index in [4.69, 9.17) is 0 Å². The molecule has 0 radical (unpaired) electrons. The minimum absolute atomic E-state index is 0.0294. The van der Waals surface area contributed by atoms with Crippen LogP contribution in [-0.4, -0.2) is 6.61 Å². The Kier molecular flexibility index (Phi) is 7.06. The molecular formula is C26H29F5O. The van der Waals surface area contributed by atoms with Crippen molar-refractivity contribution < 1.29 is 26.7 Å². The van der Waals surface area contributed by atoms with Gasteiger partial charge in [-0.2, -0.15) is 8.78 Å². The van der Waals surface area contributed by atoms with E-state index in [-0.39, 0.29) is 11.1 Å². The Hall–Kier alpha value is -2.11. The molecule has 0 saturated heterocycles. The molecule has 0 aromatic heterocycles. The van der Waals surface area contributed by atoms with Crippen LogP contribution in [0.3, 0.4) is 0 Å². The predicted octanol–water partition coefficient (Wildman–Crippen LogP) is 8.08. The van der Waals surface area contributed by atoms with Crippen molar-refractivity contribution in [3.63, 3.8) is 0 Å². The number of hydrogen-bond donors (Lipinski definition) is 0. The third kappa shape index (κ3) is 4.79. The molecule has 1 saturated carbocycles. The number of alkyl halides is 2. The molecule has 1 fully saturated rings. The van der Waals surface area contributed by atoms with Crippen LogP contribution >= 0.6 is 0 Å². The number of rotatable bonds is 6. The summed E-state index contributed by atoms with van der Waals surface area (Å²) in [6.45, 7) is -1.11. The summed E-state index contributed by atoms with van der Waals surface area (Å²) in [6, 6.07) is 5.07. The molecule has 2 aromatic carbocycles. The molecule has 2 aromatic rings. The number of ether oxygens (including phenoxy) is 1. The van der Waals surface area contributed by atoms with Crippen LogP contribution < -0.4 is 4.74 Å². The maximum Gasteiger partial charge on any atom is 0.387 e. The van der Waals surface area contributed by atoms with E-state index in [1.54, 1.807) is 0 Å². The lowest BCUT2D eigenvalue weighted by atomic mass is 9.69. The zero-order valence-corrected chi connectivity index (χ0v) is 18.3. The molecule has 0 amide bonds. The van der Waals surface area contributed by atoms with Crippen LogP contribution in [0, 0.1) is 35.2 Å². The van der Waals surface area contributed by atoms with Gasteiger partial charge in [0.25, 0.3) is 0 Å². The third-order valence-corrected chi connectivity index (χ3v) is 7.36. The molecule has 0 N–H and O–H groups in total. The third-order valence-electron chi connectivity index (χ3n) is 7.36. The molecule has 6 heteroatoms. The molecule has 1 atom stereocenters. The zero-order chi connectivity index (χ0) is 22.8. The fraction of sp³-hybridized carbons (Fsp3) is 0.538. The monoisotopic (exact) mass is 452 g/mol. The van der Waals surface area contributed by atoms with Gasteiger partial charge in [-0.1, -0.05) is 44.7 Å². The van der Waals surface area contributed by atoms with E-state index >= 15 is 4.39 Å². The van der Waals surface area contributed by atoms with Gasteiger partial charge in [-0.05, 0) is 78.7 Å². The highest BCUT2D eigenvalue weighted by Crippen LogP contribution is 2.42. The second kappa shape index (κ2) is 9.80. The van der Waals surface area contributed by atoms with Gasteiger partial charge in [0, 0.05) is 5.56 Å². The van der Waals surface area contributed by atoms with Gasteiger partial charge in [-0.15, -0.1) is 0 Å². The summed E-state index contributed by atoms with van der Waals surface area (Å²) in [5.74, 6) is -2.11. The first-order valence-corrected chi connectivity index (χ1v) is 11.6. The average molecular weight is 453 g/mol. The maximum absolute atomic E-state index is 15.3. The van der Waals surface area contributed by atoms with Crippen LogP contribution in [-0.2, 0) is 12.8 Å². The van der Waals surface area contributed by atoms with Crippen LogP contribution in [0.15, 0.2) is 24.3 Å². The first-order chi connectivity index (χ1) is 15.4. The van der Waals surface area contributed by atoms with E-state index in [1.807, 2.05) is 6.07 Å². The van der Waals surface area contributed by atoms with Gasteiger partial charge in [0.05, 0.1) is 0 Å². The molecule has 2 aliphatic rings. The summed E-state index contributed by atoms with van der Waals surface area (Å²) in [5, 5.41) is 0. The van der Waals surface area contributed by atoms with E-state index in [2.05, 4.69) is 11.7 Å². The average Bonchev–Trinajstić information content (AvgIpc) is 2.77. The number of benzene rings is 2. The minimum Gasteiger partial charge on any atom is -0.429 e. The lowest BCUT2D eigenvalue weighted by molar-refractivity contribution is -0.0546. The van der Waals surface area contributed by atoms with Crippen molar-refractivity contribution in [1.29, 1.82) is 0 Å². The molecule has 2 aliphatic carbocycles. The van der Waals surface area contributed by atoms with E-state index in [0.29, 0.717) is 23.8 Å². The van der Waals surface area contributed by atoms with Crippen LogP contribution in [0.4, 0.5) is 22.0 Å². The quantitative estimate of drug-likeness (QED) is 0.403. The summed E-state index contributed by atoms with van der Waals surface area (Å²) in [5.41, 5.74) is 1.62. The summed E-state index contributed by atoms with van der Waals surface area (Å²) < 4.78 is 72.2. The SMILES string of the molecule is CCCC1CCC(C2CCc3c(ccc(-c4cc(F)c(OC(F)F)c(F)c4)c3F)C2)CC1. The highest BCUT2D eigenvalue weighted by molar-refractivity contribution is 5.67. The van der Waals surface area contributed by atoms with Crippen molar-refractivity contribution in [3.05, 3.63) is 52.8 Å². The Morgan fingerprint density at radius 2 is 1.62 bits per heavy atom. The fourth-order valence-corrected chi connectivity index (χ4v) is 5.74. The molecular weight excluding hydrogens is 423 g/mol. The van der Waals surface area contributed by atoms with E-state index in [9.17, 15) is 17.6 Å². The summed E-state index contributed by atoms with van der Waals surface area (Å²) >= 11 is 0. The van der Waals surface area contributed by atoms with Gasteiger partial charge in [0.15, 0.2) is 17.4 Å². The van der Waals surface area contributed by atoms with Crippen LogP contribution in [0.25, 0.3) is 11.1 Å². The molecule has 1 unspecified atom stereocenters. The first-order valence-electron chi connectivity index (χ1n) is 11.6.